The van der Waals surface area contributed by atoms with Gasteiger partial charge in [-0.2, -0.15) is 5.26 Å². The summed E-state index contributed by atoms with van der Waals surface area (Å²) in [5.74, 6) is -0.376. The predicted molar refractivity (Wildman–Crippen MR) is 70.0 cm³/mol. The Hall–Kier alpha value is -0.920. The maximum atomic E-state index is 13.9. The molecule has 0 saturated heterocycles. The SMILES string of the molecule is CCC(C)NC(C)(C#N)c1ccc(Br)cc1F. The van der Waals surface area contributed by atoms with Crippen LogP contribution in [0.1, 0.15) is 32.8 Å². The summed E-state index contributed by atoms with van der Waals surface area (Å²) in [6, 6.07) is 7.07. The number of hydrogen-bond acceptors (Lipinski definition) is 2. The zero-order chi connectivity index (χ0) is 13.1. The van der Waals surface area contributed by atoms with Crippen LogP contribution in [0, 0.1) is 17.1 Å². The highest BCUT2D eigenvalue weighted by Crippen LogP contribution is 2.26. The third-order valence-corrected chi connectivity index (χ3v) is 3.33. The van der Waals surface area contributed by atoms with Crippen molar-refractivity contribution < 1.29 is 4.39 Å². The molecule has 2 atom stereocenters. The summed E-state index contributed by atoms with van der Waals surface area (Å²) in [4.78, 5) is 0. The number of hydrogen-bond donors (Lipinski definition) is 1. The van der Waals surface area contributed by atoms with Crippen molar-refractivity contribution in [2.24, 2.45) is 0 Å². The van der Waals surface area contributed by atoms with Crippen molar-refractivity contribution in [1.82, 2.24) is 5.32 Å². The van der Waals surface area contributed by atoms with E-state index in [1.807, 2.05) is 13.8 Å². The quantitative estimate of drug-likeness (QED) is 0.920. The Bertz CT molecular complexity index is 442. The molecule has 0 bridgehead atoms. The number of rotatable bonds is 4. The van der Waals surface area contributed by atoms with Crippen LogP contribution in [-0.2, 0) is 5.54 Å². The fourth-order valence-electron chi connectivity index (χ4n) is 1.66. The van der Waals surface area contributed by atoms with Crippen molar-refractivity contribution in [2.75, 3.05) is 0 Å². The van der Waals surface area contributed by atoms with E-state index >= 15 is 0 Å². The van der Waals surface area contributed by atoms with Gasteiger partial charge in [-0.05, 0) is 32.4 Å². The molecule has 2 nitrogen and oxygen atoms in total. The molecule has 1 aromatic carbocycles. The molecule has 0 heterocycles. The van der Waals surface area contributed by atoms with Crippen LogP contribution < -0.4 is 5.32 Å². The van der Waals surface area contributed by atoms with Gasteiger partial charge in [0.2, 0.25) is 0 Å². The van der Waals surface area contributed by atoms with Crippen LogP contribution in [0.15, 0.2) is 22.7 Å². The van der Waals surface area contributed by atoms with Crippen molar-refractivity contribution in [3.63, 3.8) is 0 Å². The molecule has 0 aliphatic heterocycles. The molecular weight excluding hydrogens is 283 g/mol. The van der Waals surface area contributed by atoms with Crippen LogP contribution in [0.2, 0.25) is 0 Å². The summed E-state index contributed by atoms with van der Waals surface area (Å²) in [5, 5.41) is 12.4. The topological polar surface area (TPSA) is 35.8 Å². The lowest BCUT2D eigenvalue weighted by molar-refractivity contribution is 0.381. The summed E-state index contributed by atoms with van der Waals surface area (Å²) in [6.45, 7) is 5.70. The fourth-order valence-corrected chi connectivity index (χ4v) is 1.99. The molecule has 17 heavy (non-hydrogen) atoms. The number of nitriles is 1. The Morgan fingerprint density at radius 2 is 2.24 bits per heavy atom. The van der Waals surface area contributed by atoms with Crippen molar-refractivity contribution >= 4 is 15.9 Å². The number of nitrogens with one attached hydrogen (secondary N) is 1. The molecule has 92 valence electrons. The van der Waals surface area contributed by atoms with E-state index in [0.29, 0.717) is 10.0 Å². The number of benzene rings is 1. The standard InChI is InChI=1S/C13H16BrFN2/c1-4-9(2)17-13(3,8-16)11-6-5-10(14)7-12(11)15/h5-7,9,17H,4H2,1-3H3. The Balaban J connectivity index is 3.13. The molecule has 1 rings (SSSR count). The van der Waals surface area contributed by atoms with Crippen molar-refractivity contribution in [3.05, 3.63) is 34.1 Å². The van der Waals surface area contributed by atoms with Crippen LogP contribution >= 0.6 is 15.9 Å². The number of halogens is 2. The van der Waals surface area contributed by atoms with Gasteiger partial charge in [0.15, 0.2) is 0 Å². The average molecular weight is 299 g/mol. The highest BCUT2D eigenvalue weighted by molar-refractivity contribution is 9.10. The Morgan fingerprint density at radius 3 is 2.71 bits per heavy atom. The molecule has 0 radical (unpaired) electrons. The summed E-state index contributed by atoms with van der Waals surface area (Å²) < 4.78 is 14.5. The first-order valence-corrected chi connectivity index (χ1v) is 6.36. The van der Waals surface area contributed by atoms with Crippen molar-refractivity contribution in [1.29, 1.82) is 5.26 Å². The molecule has 0 amide bonds. The van der Waals surface area contributed by atoms with E-state index in [9.17, 15) is 9.65 Å². The Morgan fingerprint density at radius 1 is 1.59 bits per heavy atom. The largest absolute Gasteiger partial charge is 0.293 e. The van der Waals surface area contributed by atoms with Gasteiger partial charge >= 0.3 is 0 Å². The Labute approximate surface area is 110 Å². The first-order valence-electron chi connectivity index (χ1n) is 5.57. The van der Waals surface area contributed by atoms with Gasteiger partial charge < -0.3 is 0 Å². The van der Waals surface area contributed by atoms with Crippen LogP contribution in [0.4, 0.5) is 4.39 Å². The smallest absolute Gasteiger partial charge is 0.132 e. The summed E-state index contributed by atoms with van der Waals surface area (Å²) in [5.41, 5.74) is -0.622. The second kappa shape index (κ2) is 5.61. The normalized spacial score (nSPS) is 16.0. The zero-order valence-electron chi connectivity index (χ0n) is 10.2. The first-order chi connectivity index (χ1) is 7.92. The molecule has 0 aliphatic carbocycles. The van der Waals surface area contributed by atoms with Gasteiger partial charge in [0.1, 0.15) is 11.4 Å². The van der Waals surface area contributed by atoms with Gasteiger partial charge in [0, 0.05) is 16.1 Å². The van der Waals surface area contributed by atoms with Gasteiger partial charge in [-0.1, -0.05) is 28.9 Å². The fraction of sp³-hybridized carbons (Fsp3) is 0.462. The predicted octanol–water partition coefficient (Wildman–Crippen LogP) is 3.72. The number of nitrogens with zero attached hydrogens (tertiary/aromatic N) is 1. The second-order valence-electron chi connectivity index (χ2n) is 4.31. The zero-order valence-corrected chi connectivity index (χ0v) is 11.8. The molecule has 4 heteroatoms. The molecule has 1 N–H and O–H groups in total. The third kappa shape index (κ3) is 3.27. The van der Waals surface area contributed by atoms with Crippen LogP contribution in [-0.4, -0.2) is 6.04 Å². The Kier molecular flexibility index (Phi) is 4.67. The van der Waals surface area contributed by atoms with E-state index in [-0.39, 0.29) is 11.9 Å². The summed E-state index contributed by atoms with van der Waals surface area (Å²) in [6.07, 6.45) is 0.884. The van der Waals surface area contributed by atoms with E-state index in [2.05, 4.69) is 27.3 Å². The maximum absolute atomic E-state index is 13.9. The summed E-state index contributed by atoms with van der Waals surface area (Å²) in [7, 11) is 0. The van der Waals surface area contributed by atoms with Crippen LogP contribution in [0.25, 0.3) is 0 Å². The monoisotopic (exact) mass is 298 g/mol. The highest BCUT2D eigenvalue weighted by atomic mass is 79.9. The molecule has 0 fully saturated rings. The van der Waals surface area contributed by atoms with E-state index in [1.165, 1.54) is 6.07 Å². The molecule has 0 aliphatic rings. The molecule has 1 aromatic rings. The minimum atomic E-state index is -1.000. The minimum Gasteiger partial charge on any atom is -0.293 e. The molecular formula is C13H16BrFN2. The van der Waals surface area contributed by atoms with Gasteiger partial charge in [-0.25, -0.2) is 4.39 Å². The molecule has 0 saturated carbocycles. The molecule has 0 aromatic heterocycles. The molecule has 0 spiro atoms. The third-order valence-electron chi connectivity index (χ3n) is 2.84. The van der Waals surface area contributed by atoms with Gasteiger partial charge in [-0.15, -0.1) is 0 Å². The van der Waals surface area contributed by atoms with Gasteiger partial charge in [-0.3, -0.25) is 5.32 Å². The van der Waals surface area contributed by atoms with Crippen LogP contribution in [0.5, 0.6) is 0 Å². The van der Waals surface area contributed by atoms with Gasteiger partial charge in [0.05, 0.1) is 6.07 Å². The van der Waals surface area contributed by atoms with Crippen LogP contribution in [0.3, 0.4) is 0 Å². The second-order valence-corrected chi connectivity index (χ2v) is 5.23. The van der Waals surface area contributed by atoms with E-state index in [1.54, 1.807) is 19.1 Å². The minimum absolute atomic E-state index is 0.155. The summed E-state index contributed by atoms with van der Waals surface area (Å²) >= 11 is 3.21. The average Bonchev–Trinajstić information content (AvgIpc) is 2.28. The maximum Gasteiger partial charge on any atom is 0.132 e. The van der Waals surface area contributed by atoms with Gasteiger partial charge in [0.25, 0.3) is 0 Å². The van der Waals surface area contributed by atoms with E-state index in [0.717, 1.165) is 6.42 Å². The highest BCUT2D eigenvalue weighted by Gasteiger charge is 2.30. The van der Waals surface area contributed by atoms with E-state index in [4.69, 9.17) is 0 Å². The van der Waals surface area contributed by atoms with Crippen molar-refractivity contribution in [2.45, 2.75) is 38.8 Å². The lowest BCUT2D eigenvalue weighted by Crippen LogP contribution is -2.44. The lowest BCUT2D eigenvalue weighted by atomic mass is 9.92. The first kappa shape index (κ1) is 14.1. The molecule has 2 unspecified atom stereocenters. The lowest BCUT2D eigenvalue weighted by Gasteiger charge is -2.28. The van der Waals surface area contributed by atoms with Crippen molar-refractivity contribution in [3.8, 4) is 6.07 Å². The van der Waals surface area contributed by atoms with E-state index < -0.39 is 5.54 Å².